The number of methoxy groups -OCH3 is 1. The minimum absolute atomic E-state index is 0.192. The van der Waals surface area contributed by atoms with E-state index in [9.17, 15) is 14.0 Å². The first kappa shape index (κ1) is 25.7. The Morgan fingerprint density at radius 3 is 2.61 bits per heavy atom. The number of aromatic nitrogens is 2. The van der Waals surface area contributed by atoms with Crippen LogP contribution in [0, 0.1) is 5.82 Å². The Balaban J connectivity index is 1.45. The molecule has 0 spiro atoms. The molecule has 36 heavy (non-hydrogen) atoms. The molecule has 0 aliphatic carbocycles. The molecule has 0 radical (unpaired) electrons. The number of ether oxygens (including phenoxy) is 3. The topological polar surface area (TPSA) is 90.9 Å². The zero-order valence-corrected chi connectivity index (χ0v) is 20.8. The number of amides is 1. The average molecular weight is 512 g/mol. The third kappa shape index (κ3) is 6.26. The van der Waals surface area contributed by atoms with Crippen molar-refractivity contribution in [3.8, 4) is 5.88 Å². The summed E-state index contributed by atoms with van der Waals surface area (Å²) in [5.74, 6) is -0.640. The standard InChI is InChI=1S/C26H26FN3O5S/c1-33-15-19-13-23(29-26(28-19)36-2)35-16-20-14-30(11-12-34-20)25(32)22-6-4-3-5-21(22)24(31)17-7-9-18(27)10-8-17/h3-10,13,20H,11-12,14-16H2,1-2H3. The first-order valence-electron chi connectivity index (χ1n) is 11.3. The molecular weight excluding hydrogens is 485 g/mol. The number of hydrogen-bond acceptors (Lipinski definition) is 8. The van der Waals surface area contributed by atoms with Crippen LogP contribution in [0.3, 0.4) is 0 Å². The van der Waals surface area contributed by atoms with E-state index >= 15 is 0 Å². The van der Waals surface area contributed by atoms with Gasteiger partial charge < -0.3 is 19.1 Å². The van der Waals surface area contributed by atoms with Crippen LogP contribution in [0.2, 0.25) is 0 Å². The number of thioether (sulfide) groups is 1. The predicted octanol–water partition coefficient (Wildman–Crippen LogP) is 3.64. The quantitative estimate of drug-likeness (QED) is 0.244. The normalized spacial score (nSPS) is 15.5. The van der Waals surface area contributed by atoms with Crippen LogP contribution in [0.5, 0.6) is 5.88 Å². The maximum atomic E-state index is 13.4. The van der Waals surface area contributed by atoms with Crippen LogP contribution in [0.1, 0.15) is 32.0 Å². The Morgan fingerprint density at radius 2 is 1.89 bits per heavy atom. The highest BCUT2D eigenvalue weighted by Gasteiger charge is 2.28. The maximum absolute atomic E-state index is 13.4. The summed E-state index contributed by atoms with van der Waals surface area (Å²) in [5, 5.41) is 0.573. The summed E-state index contributed by atoms with van der Waals surface area (Å²) >= 11 is 1.40. The second-order valence-corrected chi connectivity index (χ2v) is 8.83. The minimum Gasteiger partial charge on any atom is -0.475 e. The molecule has 8 nitrogen and oxygen atoms in total. The van der Waals surface area contributed by atoms with E-state index in [1.807, 2.05) is 6.26 Å². The first-order chi connectivity index (χ1) is 17.5. The number of morpholine rings is 1. The van der Waals surface area contributed by atoms with Gasteiger partial charge in [0.2, 0.25) is 5.88 Å². The number of carbonyl (C=O) groups is 2. The summed E-state index contributed by atoms with van der Waals surface area (Å²) in [7, 11) is 1.59. The number of benzene rings is 2. The maximum Gasteiger partial charge on any atom is 0.254 e. The van der Waals surface area contributed by atoms with E-state index in [-0.39, 0.29) is 35.5 Å². The second-order valence-electron chi connectivity index (χ2n) is 8.05. The zero-order chi connectivity index (χ0) is 25.5. The van der Waals surface area contributed by atoms with Crippen molar-refractivity contribution in [3.05, 3.63) is 82.8 Å². The molecule has 10 heteroatoms. The Kier molecular flexibility index (Phi) is 8.63. The Morgan fingerprint density at radius 1 is 1.14 bits per heavy atom. The van der Waals surface area contributed by atoms with Gasteiger partial charge in [-0.15, -0.1) is 0 Å². The lowest BCUT2D eigenvalue weighted by Gasteiger charge is -2.33. The van der Waals surface area contributed by atoms with Crippen LogP contribution < -0.4 is 4.74 Å². The van der Waals surface area contributed by atoms with Gasteiger partial charge >= 0.3 is 0 Å². The summed E-state index contributed by atoms with van der Waals surface area (Å²) in [6.07, 6.45) is 1.50. The van der Waals surface area contributed by atoms with Crippen LogP contribution in [-0.2, 0) is 16.1 Å². The van der Waals surface area contributed by atoms with Crippen LogP contribution >= 0.6 is 11.8 Å². The largest absolute Gasteiger partial charge is 0.475 e. The lowest BCUT2D eigenvalue weighted by Crippen LogP contribution is -2.48. The molecule has 1 amide bonds. The molecule has 1 aromatic heterocycles. The molecule has 1 aliphatic heterocycles. The molecule has 3 aromatic rings. The van der Waals surface area contributed by atoms with Crippen molar-refractivity contribution in [1.29, 1.82) is 0 Å². The molecule has 1 fully saturated rings. The highest BCUT2D eigenvalue weighted by molar-refractivity contribution is 7.98. The molecule has 1 atom stereocenters. The number of hydrogen-bond donors (Lipinski definition) is 0. The van der Waals surface area contributed by atoms with Gasteiger partial charge in [-0.2, -0.15) is 4.98 Å². The van der Waals surface area contributed by atoms with Gasteiger partial charge in [0.05, 0.1) is 31.0 Å². The third-order valence-electron chi connectivity index (χ3n) is 5.56. The van der Waals surface area contributed by atoms with Gasteiger partial charge in [0.15, 0.2) is 10.9 Å². The van der Waals surface area contributed by atoms with Gasteiger partial charge in [-0.1, -0.05) is 30.0 Å². The van der Waals surface area contributed by atoms with Crippen molar-refractivity contribution in [2.45, 2.75) is 17.9 Å². The number of rotatable bonds is 9. The zero-order valence-electron chi connectivity index (χ0n) is 20.0. The minimum atomic E-state index is -0.431. The van der Waals surface area contributed by atoms with Gasteiger partial charge in [-0.05, 0) is 36.6 Å². The van der Waals surface area contributed by atoms with Crippen LogP contribution in [0.15, 0.2) is 59.8 Å². The molecule has 2 heterocycles. The summed E-state index contributed by atoms with van der Waals surface area (Å²) in [4.78, 5) is 36.8. The van der Waals surface area contributed by atoms with Crippen molar-refractivity contribution in [2.75, 3.05) is 39.7 Å². The second kappa shape index (κ2) is 12.1. The monoisotopic (exact) mass is 511 g/mol. The fourth-order valence-corrected chi connectivity index (χ4v) is 4.20. The van der Waals surface area contributed by atoms with Gasteiger partial charge in [0.25, 0.3) is 5.91 Å². The Bertz CT molecular complexity index is 1220. The van der Waals surface area contributed by atoms with E-state index in [2.05, 4.69) is 9.97 Å². The number of halogens is 1. The molecule has 1 aliphatic rings. The fraction of sp³-hybridized carbons (Fsp3) is 0.308. The van der Waals surface area contributed by atoms with Gasteiger partial charge in [-0.25, -0.2) is 9.37 Å². The molecule has 188 valence electrons. The number of ketones is 1. The molecule has 1 unspecified atom stereocenters. The summed E-state index contributed by atoms with van der Waals surface area (Å²) < 4.78 is 30.1. The molecule has 1 saturated heterocycles. The summed E-state index contributed by atoms with van der Waals surface area (Å²) in [6, 6.07) is 13.6. The summed E-state index contributed by atoms with van der Waals surface area (Å²) in [6.45, 7) is 1.55. The lowest BCUT2D eigenvalue weighted by atomic mass is 9.97. The fourth-order valence-electron chi connectivity index (χ4n) is 3.81. The molecule has 0 bridgehead atoms. The van der Waals surface area contributed by atoms with Crippen molar-refractivity contribution in [3.63, 3.8) is 0 Å². The van der Waals surface area contributed by atoms with Crippen molar-refractivity contribution in [2.24, 2.45) is 0 Å². The van der Waals surface area contributed by atoms with E-state index in [1.54, 1.807) is 42.3 Å². The third-order valence-corrected chi connectivity index (χ3v) is 6.11. The highest BCUT2D eigenvalue weighted by atomic mass is 32.2. The Labute approximate surface area is 212 Å². The van der Waals surface area contributed by atoms with Gasteiger partial charge in [0.1, 0.15) is 18.5 Å². The van der Waals surface area contributed by atoms with Crippen molar-refractivity contribution >= 4 is 23.5 Å². The SMILES string of the molecule is COCc1cc(OCC2CN(C(=O)c3ccccc3C(=O)c3ccc(F)cc3)CCO2)nc(SC)n1. The molecule has 0 N–H and O–H groups in total. The highest BCUT2D eigenvalue weighted by Crippen LogP contribution is 2.20. The summed E-state index contributed by atoms with van der Waals surface area (Å²) in [5.41, 5.74) is 1.57. The smallest absolute Gasteiger partial charge is 0.254 e. The molecule has 2 aromatic carbocycles. The lowest BCUT2D eigenvalue weighted by molar-refractivity contribution is -0.0408. The van der Waals surface area contributed by atoms with Crippen molar-refractivity contribution in [1.82, 2.24) is 14.9 Å². The molecular formula is C26H26FN3O5S. The van der Waals surface area contributed by atoms with Crippen molar-refractivity contribution < 1.29 is 28.2 Å². The number of carbonyl (C=O) groups excluding carboxylic acids is 2. The van der Waals surface area contributed by atoms with E-state index in [0.717, 1.165) is 0 Å². The van der Waals surface area contributed by atoms with Crippen LogP contribution in [0.4, 0.5) is 4.39 Å². The van der Waals surface area contributed by atoms with Crippen LogP contribution in [-0.4, -0.2) is 72.3 Å². The van der Waals surface area contributed by atoms with E-state index in [1.165, 1.54) is 36.0 Å². The first-order valence-corrected chi connectivity index (χ1v) is 12.5. The van der Waals surface area contributed by atoms with Gasteiger partial charge in [0, 0.05) is 30.8 Å². The van der Waals surface area contributed by atoms with Crippen LogP contribution in [0.25, 0.3) is 0 Å². The van der Waals surface area contributed by atoms with E-state index in [0.29, 0.717) is 48.6 Å². The average Bonchev–Trinajstić information content (AvgIpc) is 2.91. The Hall–Kier alpha value is -3.34. The van der Waals surface area contributed by atoms with Gasteiger partial charge in [-0.3, -0.25) is 9.59 Å². The number of nitrogens with zero attached hydrogens (tertiary/aromatic N) is 3. The van der Waals surface area contributed by atoms with E-state index < -0.39 is 5.82 Å². The molecule has 0 saturated carbocycles. The molecule has 4 rings (SSSR count). The van der Waals surface area contributed by atoms with E-state index in [4.69, 9.17) is 14.2 Å². The predicted molar refractivity (Wildman–Crippen MR) is 132 cm³/mol.